The largest absolute Gasteiger partial charge is 0.464 e. The van der Waals surface area contributed by atoms with Crippen LogP contribution in [0.5, 0.6) is 0 Å². The summed E-state index contributed by atoms with van der Waals surface area (Å²) >= 11 is 0. The average Bonchev–Trinajstić information content (AvgIpc) is 3.03. The minimum atomic E-state index is -3.16. The van der Waals surface area contributed by atoms with Gasteiger partial charge in [-0.05, 0) is 30.3 Å². The molecule has 0 aliphatic carbocycles. The van der Waals surface area contributed by atoms with Crippen LogP contribution in [-0.2, 0) is 9.84 Å². The minimum Gasteiger partial charge on any atom is -0.464 e. The number of hydrogen-bond donors (Lipinski definition) is 2. The van der Waals surface area contributed by atoms with Crippen LogP contribution in [0.25, 0.3) is 11.3 Å². The lowest BCUT2D eigenvalue weighted by molar-refractivity contribution is 0.252. The van der Waals surface area contributed by atoms with Gasteiger partial charge < -0.3 is 15.1 Å². The van der Waals surface area contributed by atoms with E-state index in [4.69, 9.17) is 4.42 Å². The summed E-state index contributed by atoms with van der Waals surface area (Å²) in [5.41, 5.74) is 0.593. The Bertz CT molecular complexity index is 773. The lowest BCUT2D eigenvalue weighted by Crippen LogP contribution is -2.33. The van der Waals surface area contributed by atoms with Crippen LogP contribution in [0.15, 0.2) is 41.0 Å². The van der Waals surface area contributed by atoms with Gasteiger partial charge in [0.05, 0.1) is 17.7 Å². The molecular weight excluding hydrogens is 323 g/mol. The van der Waals surface area contributed by atoms with E-state index in [1.54, 1.807) is 12.1 Å². The first kappa shape index (κ1) is 17.0. The van der Waals surface area contributed by atoms with Gasteiger partial charge in [-0.1, -0.05) is 6.92 Å². The van der Waals surface area contributed by atoms with E-state index in [2.05, 4.69) is 10.6 Å². The third kappa shape index (κ3) is 4.82. The summed E-state index contributed by atoms with van der Waals surface area (Å²) in [4.78, 5) is 11.7. The molecule has 2 rings (SSSR count). The predicted octanol–water partition coefficient (Wildman–Crippen LogP) is 2.64. The molecule has 1 heterocycles. The Kier molecular flexibility index (Phi) is 5.38. The number of benzene rings is 1. The van der Waals surface area contributed by atoms with Gasteiger partial charge >= 0.3 is 6.03 Å². The summed E-state index contributed by atoms with van der Waals surface area (Å²) in [5.74, 6) is -0.207. The molecule has 0 spiro atoms. The van der Waals surface area contributed by atoms with E-state index in [1.807, 2.05) is 0 Å². The zero-order valence-corrected chi connectivity index (χ0v) is 13.3. The van der Waals surface area contributed by atoms with Crippen molar-refractivity contribution in [3.63, 3.8) is 0 Å². The van der Waals surface area contributed by atoms with E-state index in [-0.39, 0.29) is 23.7 Å². The van der Waals surface area contributed by atoms with Gasteiger partial charge in [-0.2, -0.15) is 0 Å². The van der Waals surface area contributed by atoms with Crippen LogP contribution in [0.1, 0.15) is 6.92 Å². The van der Waals surface area contributed by atoms with E-state index in [0.29, 0.717) is 11.3 Å². The molecule has 0 aliphatic heterocycles. The first-order valence-electron chi connectivity index (χ1n) is 7.00. The van der Waals surface area contributed by atoms with Crippen LogP contribution in [0.4, 0.5) is 14.9 Å². The fraction of sp³-hybridized carbons (Fsp3) is 0.267. The van der Waals surface area contributed by atoms with Crippen molar-refractivity contribution in [2.75, 3.05) is 23.4 Å². The van der Waals surface area contributed by atoms with Gasteiger partial charge in [-0.3, -0.25) is 0 Å². The fourth-order valence-corrected chi connectivity index (χ4v) is 2.55. The molecule has 0 bridgehead atoms. The highest BCUT2D eigenvalue weighted by atomic mass is 32.2. The summed E-state index contributed by atoms with van der Waals surface area (Å²) in [6.45, 7) is 1.49. The SMILES string of the molecule is CCS(=O)(=O)CCNC(=O)Nc1cc(-c2ccco2)ccc1F. The standard InChI is InChI=1S/C15H17FN2O4S/c1-2-23(20,21)9-7-17-15(19)18-13-10-11(5-6-12(13)16)14-4-3-8-22-14/h3-6,8,10H,2,7,9H2,1H3,(H2,17,18,19). The number of rotatable bonds is 6. The average molecular weight is 340 g/mol. The molecule has 1 aromatic carbocycles. The van der Waals surface area contributed by atoms with Crippen molar-refractivity contribution in [2.24, 2.45) is 0 Å². The number of carbonyl (C=O) groups excluding carboxylic acids is 1. The smallest absolute Gasteiger partial charge is 0.319 e. The van der Waals surface area contributed by atoms with Crippen LogP contribution in [0, 0.1) is 5.82 Å². The van der Waals surface area contributed by atoms with Crippen molar-refractivity contribution >= 4 is 21.6 Å². The van der Waals surface area contributed by atoms with E-state index in [1.165, 1.54) is 31.4 Å². The summed E-state index contributed by atoms with van der Waals surface area (Å²) in [6.07, 6.45) is 1.49. The van der Waals surface area contributed by atoms with Gasteiger partial charge in [0.15, 0.2) is 9.84 Å². The maximum absolute atomic E-state index is 13.8. The molecule has 0 saturated carbocycles. The monoisotopic (exact) mass is 340 g/mol. The number of furan rings is 1. The third-order valence-electron chi connectivity index (χ3n) is 3.16. The zero-order chi connectivity index (χ0) is 16.9. The van der Waals surface area contributed by atoms with E-state index >= 15 is 0 Å². The van der Waals surface area contributed by atoms with Crippen molar-refractivity contribution < 1.29 is 22.0 Å². The first-order chi connectivity index (χ1) is 10.9. The molecule has 23 heavy (non-hydrogen) atoms. The maximum atomic E-state index is 13.8. The summed E-state index contributed by atoms with van der Waals surface area (Å²) in [5, 5.41) is 4.74. The lowest BCUT2D eigenvalue weighted by Gasteiger charge is -2.09. The molecule has 0 radical (unpaired) electrons. The van der Waals surface area contributed by atoms with Gasteiger partial charge in [0, 0.05) is 17.9 Å². The Labute approximate surface area is 133 Å². The number of nitrogens with one attached hydrogen (secondary N) is 2. The molecule has 2 aromatic rings. The molecule has 2 amide bonds. The molecule has 8 heteroatoms. The molecule has 2 N–H and O–H groups in total. The number of halogens is 1. The molecular formula is C15H17FN2O4S. The molecule has 6 nitrogen and oxygen atoms in total. The molecule has 0 unspecified atom stereocenters. The van der Waals surface area contributed by atoms with E-state index in [9.17, 15) is 17.6 Å². The Morgan fingerprint density at radius 2 is 2.09 bits per heavy atom. The summed E-state index contributed by atoms with van der Waals surface area (Å²) in [7, 11) is -3.16. The molecule has 124 valence electrons. The number of hydrogen-bond acceptors (Lipinski definition) is 4. The van der Waals surface area contributed by atoms with Crippen LogP contribution in [0.3, 0.4) is 0 Å². The first-order valence-corrected chi connectivity index (χ1v) is 8.82. The van der Waals surface area contributed by atoms with E-state index < -0.39 is 21.7 Å². The van der Waals surface area contributed by atoms with Crippen molar-refractivity contribution in [1.29, 1.82) is 0 Å². The maximum Gasteiger partial charge on any atom is 0.319 e. The number of urea groups is 1. The third-order valence-corrected chi connectivity index (χ3v) is 4.86. The molecule has 0 saturated heterocycles. The second-order valence-corrected chi connectivity index (χ2v) is 7.26. The van der Waals surface area contributed by atoms with Crippen molar-refractivity contribution in [2.45, 2.75) is 6.92 Å². The number of carbonyl (C=O) groups is 1. The molecule has 0 fully saturated rings. The van der Waals surface area contributed by atoms with Gasteiger partial charge in [-0.25, -0.2) is 17.6 Å². The Morgan fingerprint density at radius 3 is 2.74 bits per heavy atom. The number of anilines is 1. The van der Waals surface area contributed by atoms with Gasteiger partial charge in [-0.15, -0.1) is 0 Å². The van der Waals surface area contributed by atoms with Crippen LogP contribution in [0.2, 0.25) is 0 Å². The van der Waals surface area contributed by atoms with Gasteiger partial charge in [0.2, 0.25) is 0 Å². The fourth-order valence-electron chi connectivity index (χ4n) is 1.85. The van der Waals surface area contributed by atoms with Gasteiger partial charge in [0.25, 0.3) is 0 Å². The van der Waals surface area contributed by atoms with Crippen LogP contribution < -0.4 is 10.6 Å². The van der Waals surface area contributed by atoms with E-state index in [0.717, 1.165) is 0 Å². The topological polar surface area (TPSA) is 88.4 Å². The Balaban J connectivity index is 1.99. The lowest BCUT2D eigenvalue weighted by atomic mass is 10.1. The van der Waals surface area contributed by atoms with Crippen LogP contribution in [-0.4, -0.2) is 32.5 Å². The highest BCUT2D eigenvalue weighted by Gasteiger charge is 2.11. The number of sulfone groups is 1. The quantitative estimate of drug-likeness (QED) is 0.846. The predicted molar refractivity (Wildman–Crippen MR) is 85.5 cm³/mol. The summed E-state index contributed by atoms with van der Waals surface area (Å²) < 4.78 is 41.6. The summed E-state index contributed by atoms with van der Waals surface area (Å²) in [6, 6.07) is 6.93. The Morgan fingerprint density at radius 1 is 1.30 bits per heavy atom. The van der Waals surface area contributed by atoms with Crippen molar-refractivity contribution in [3.8, 4) is 11.3 Å². The van der Waals surface area contributed by atoms with Gasteiger partial charge in [0.1, 0.15) is 11.6 Å². The highest BCUT2D eigenvalue weighted by molar-refractivity contribution is 7.91. The second-order valence-electron chi connectivity index (χ2n) is 4.79. The van der Waals surface area contributed by atoms with Crippen LogP contribution >= 0.6 is 0 Å². The Hall–Kier alpha value is -2.35. The molecule has 0 aliphatic rings. The molecule has 0 atom stereocenters. The second kappa shape index (κ2) is 7.28. The van der Waals surface area contributed by atoms with Crippen molar-refractivity contribution in [3.05, 3.63) is 42.4 Å². The molecule has 1 aromatic heterocycles. The minimum absolute atomic E-state index is 0.0100. The zero-order valence-electron chi connectivity index (χ0n) is 12.5. The highest BCUT2D eigenvalue weighted by Crippen LogP contribution is 2.25. The normalized spacial score (nSPS) is 11.2. The number of amides is 2. The van der Waals surface area contributed by atoms with Crippen molar-refractivity contribution in [1.82, 2.24) is 5.32 Å².